The molecule has 0 fully saturated rings. The minimum absolute atomic E-state index is 0.238. The van der Waals surface area contributed by atoms with Gasteiger partial charge in [0.05, 0.1) is 23.9 Å². The van der Waals surface area contributed by atoms with E-state index in [1.54, 1.807) is 0 Å². The van der Waals surface area contributed by atoms with Crippen LogP contribution in [0, 0.1) is 11.3 Å². The van der Waals surface area contributed by atoms with Crippen LogP contribution in [0.5, 0.6) is 0 Å². The molecule has 108 valence electrons. The van der Waals surface area contributed by atoms with Crippen LogP contribution in [0.25, 0.3) is 0 Å². The van der Waals surface area contributed by atoms with E-state index in [0.717, 1.165) is 5.56 Å². The normalized spacial score (nSPS) is 13.2. The molecule has 0 aliphatic heterocycles. The van der Waals surface area contributed by atoms with Crippen LogP contribution in [0.4, 0.5) is 5.69 Å². The number of anilines is 1. The monoisotopic (exact) mass is 303 g/mol. The molecule has 0 spiro atoms. The zero-order valence-electron chi connectivity index (χ0n) is 11.1. The topological polar surface area (TPSA) is 89.2 Å². The summed E-state index contributed by atoms with van der Waals surface area (Å²) in [5.74, 6) is 0. The Bertz CT molecular complexity index is 643. The van der Waals surface area contributed by atoms with Gasteiger partial charge in [-0.05, 0) is 11.6 Å². The van der Waals surface area contributed by atoms with Gasteiger partial charge in [0, 0.05) is 6.20 Å². The first-order chi connectivity index (χ1) is 10.2. The van der Waals surface area contributed by atoms with Crippen LogP contribution < -0.4 is 5.32 Å². The van der Waals surface area contributed by atoms with Crippen LogP contribution in [-0.2, 0) is 0 Å². The number of aromatic nitrogens is 1. The minimum Gasteiger partial charge on any atom is -0.394 e. The highest BCUT2D eigenvalue weighted by atomic mass is 35.5. The molecular formula is C15H14ClN3O2. The fourth-order valence-electron chi connectivity index (χ4n) is 1.97. The SMILES string of the molecule is N#Cc1cnc(Cl)cc1N[C@@H](c1ccccc1)[C@H](O)CO. The number of nitrogens with one attached hydrogen (secondary N) is 1. The van der Waals surface area contributed by atoms with Gasteiger partial charge < -0.3 is 15.5 Å². The van der Waals surface area contributed by atoms with Crippen LogP contribution in [-0.4, -0.2) is 27.9 Å². The third-order valence-electron chi connectivity index (χ3n) is 3.03. The summed E-state index contributed by atoms with van der Waals surface area (Å²) < 4.78 is 0. The van der Waals surface area contributed by atoms with Gasteiger partial charge in [-0.15, -0.1) is 0 Å². The molecule has 0 bridgehead atoms. The molecule has 0 saturated heterocycles. The van der Waals surface area contributed by atoms with Crippen LogP contribution in [0.3, 0.4) is 0 Å². The number of hydrogen-bond donors (Lipinski definition) is 3. The molecule has 0 aliphatic rings. The van der Waals surface area contributed by atoms with Crippen molar-refractivity contribution in [2.75, 3.05) is 11.9 Å². The van der Waals surface area contributed by atoms with E-state index in [0.29, 0.717) is 11.3 Å². The molecule has 6 heteroatoms. The van der Waals surface area contributed by atoms with Gasteiger partial charge in [0.2, 0.25) is 0 Å². The number of hydrogen-bond acceptors (Lipinski definition) is 5. The van der Waals surface area contributed by atoms with Gasteiger partial charge in [0.25, 0.3) is 0 Å². The predicted molar refractivity (Wildman–Crippen MR) is 79.9 cm³/mol. The molecule has 0 unspecified atom stereocenters. The van der Waals surface area contributed by atoms with Crippen molar-refractivity contribution >= 4 is 17.3 Å². The Morgan fingerprint density at radius 2 is 2.05 bits per heavy atom. The van der Waals surface area contributed by atoms with Crippen molar-refractivity contribution in [2.24, 2.45) is 0 Å². The zero-order chi connectivity index (χ0) is 15.2. The number of halogens is 1. The third-order valence-corrected chi connectivity index (χ3v) is 3.24. The number of nitriles is 1. The van der Waals surface area contributed by atoms with Crippen molar-refractivity contribution < 1.29 is 10.2 Å². The smallest absolute Gasteiger partial charge is 0.131 e. The fourth-order valence-corrected chi connectivity index (χ4v) is 2.13. The van der Waals surface area contributed by atoms with E-state index in [-0.39, 0.29) is 5.15 Å². The highest BCUT2D eigenvalue weighted by Gasteiger charge is 2.21. The number of benzene rings is 1. The van der Waals surface area contributed by atoms with Crippen molar-refractivity contribution in [1.29, 1.82) is 5.26 Å². The van der Waals surface area contributed by atoms with Gasteiger partial charge in [-0.3, -0.25) is 0 Å². The number of rotatable bonds is 5. The van der Waals surface area contributed by atoms with Crippen molar-refractivity contribution in [3.8, 4) is 6.07 Å². The lowest BCUT2D eigenvalue weighted by molar-refractivity contribution is 0.0794. The molecule has 0 radical (unpaired) electrons. The number of aliphatic hydroxyl groups is 2. The Balaban J connectivity index is 2.36. The maximum absolute atomic E-state index is 10.0. The molecule has 21 heavy (non-hydrogen) atoms. The summed E-state index contributed by atoms with van der Waals surface area (Å²) in [7, 11) is 0. The summed E-state index contributed by atoms with van der Waals surface area (Å²) in [6.45, 7) is -0.409. The maximum atomic E-state index is 10.0. The number of pyridine rings is 1. The van der Waals surface area contributed by atoms with Crippen molar-refractivity contribution in [2.45, 2.75) is 12.1 Å². The average Bonchev–Trinajstić information content (AvgIpc) is 2.53. The van der Waals surface area contributed by atoms with Crippen LogP contribution in [0.1, 0.15) is 17.2 Å². The lowest BCUT2D eigenvalue weighted by atomic mass is 10.0. The van der Waals surface area contributed by atoms with E-state index in [2.05, 4.69) is 10.3 Å². The van der Waals surface area contributed by atoms with E-state index < -0.39 is 18.8 Å². The van der Waals surface area contributed by atoms with E-state index in [1.807, 2.05) is 36.4 Å². The molecule has 2 rings (SSSR count). The second-order valence-corrected chi connectivity index (χ2v) is 4.83. The molecule has 1 heterocycles. The summed E-state index contributed by atoms with van der Waals surface area (Å²) in [5, 5.41) is 31.6. The highest BCUT2D eigenvalue weighted by Crippen LogP contribution is 2.26. The van der Waals surface area contributed by atoms with Gasteiger partial charge in [-0.1, -0.05) is 41.9 Å². The molecule has 0 saturated carbocycles. The first kappa shape index (κ1) is 15.3. The standard InChI is InChI=1S/C15H14ClN3O2/c16-14-6-12(11(7-17)8-18-14)19-15(13(21)9-20)10-4-2-1-3-5-10/h1-6,8,13,15,20-21H,9H2,(H,18,19)/t13-,15+/m1/s1. The van der Waals surface area contributed by atoms with Crippen LogP contribution in [0.15, 0.2) is 42.6 Å². The van der Waals surface area contributed by atoms with E-state index in [4.69, 9.17) is 16.9 Å². The Morgan fingerprint density at radius 1 is 1.33 bits per heavy atom. The molecule has 1 aromatic heterocycles. The quantitative estimate of drug-likeness (QED) is 0.736. The van der Waals surface area contributed by atoms with E-state index >= 15 is 0 Å². The molecule has 2 atom stereocenters. The van der Waals surface area contributed by atoms with Crippen LogP contribution in [0.2, 0.25) is 5.15 Å². The zero-order valence-corrected chi connectivity index (χ0v) is 11.8. The fraction of sp³-hybridized carbons (Fsp3) is 0.200. The lowest BCUT2D eigenvalue weighted by Gasteiger charge is -2.24. The summed E-state index contributed by atoms with van der Waals surface area (Å²) in [6, 6.07) is 12.1. The molecule has 2 aromatic rings. The number of nitrogens with zero attached hydrogens (tertiary/aromatic N) is 2. The molecule has 0 aliphatic carbocycles. The van der Waals surface area contributed by atoms with Gasteiger partial charge in [0.1, 0.15) is 17.3 Å². The van der Waals surface area contributed by atoms with Gasteiger partial charge in [0.15, 0.2) is 0 Å². The Labute approximate surface area is 127 Å². The third kappa shape index (κ3) is 3.70. The summed E-state index contributed by atoms with van der Waals surface area (Å²) >= 11 is 5.84. The lowest BCUT2D eigenvalue weighted by Crippen LogP contribution is -2.28. The van der Waals surface area contributed by atoms with Crippen molar-refractivity contribution in [1.82, 2.24) is 4.98 Å². The highest BCUT2D eigenvalue weighted by molar-refractivity contribution is 6.29. The number of aliphatic hydroxyl groups excluding tert-OH is 2. The Hall–Kier alpha value is -2.13. The second-order valence-electron chi connectivity index (χ2n) is 4.45. The average molecular weight is 304 g/mol. The largest absolute Gasteiger partial charge is 0.394 e. The molecule has 3 N–H and O–H groups in total. The van der Waals surface area contributed by atoms with Gasteiger partial charge in [-0.25, -0.2) is 4.98 Å². The van der Waals surface area contributed by atoms with Gasteiger partial charge in [-0.2, -0.15) is 5.26 Å². The molecule has 5 nitrogen and oxygen atoms in total. The Morgan fingerprint density at radius 3 is 2.67 bits per heavy atom. The first-order valence-electron chi connectivity index (χ1n) is 6.31. The van der Waals surface area contributed by atoms with Crippen molar-refractivity contribution in [3.05, 3.63) is 58.9 Å². The maximum Gasteiger partial charge on any atom is 0.131 e. The first-order valence-corrected chi connectivity index (χ1v) is 6.69. The minimum atomic E-state index is -1.02. The molecule has 0 amide bonds. The Kier molecular flexibility index (Phi) is 5.12. The summed E-state index contributed by atoms with van der Waals surface area (Å²) in [4.78, 5) is 3.85. The van der Waals surface area contributed by atoms with E-state index in [9.17, 15) is 10.2 Å². The molecule has 1 aromatic carbocycles. The van der Waals surface area contributed by atoms with Crippen LogP contribution >= 0.6 is 11.6 Å². The van der Waals surface area contributed by atoms with Crippen molar-refractivity contribution in [3.63, 3.8) is 0 Å². The van der Waals surface area contributed by atoms with Gasteiger partial charge >= 0.3 is 0 Å². The van der Waals surface area contributed by atoms with E-state index in [1.165, 1.54) is 12.3 Å². The summed E-state index contributed by atoms with van der Waals surface area (Å²) in [5.41, 5.74) is 1.56. The molecular weight excluding hydrogens is 290 g/mol. The second kappa shape index (κ2) is 7.04. The summed E-state index contributed by atoms with van der Waals surface area (Å²) in [6.07, 6.45) is 0.337. The predicted octanol–water partition coefficient (Wildman–Crippen LogP) is 2.11.